The maximum atomic E-state index is 14.5. The summed E-state index contributed by atoms with van der Waals surface area (Å²) >= 11 is 2.13. The van der Waals surface area contributed by atoms with Crippen molar-refractivity contribution in [3.05, 3.63) is 63.0 Å². The molecule has 0 N–H and O–H groups in total. The van der Waals surface area contributed by atoms with Gasteiger partial charge in [-0.15, -0.1) is 0 Å². The molecule has 1 aliphatic heterocycles. The van der Waals surface area contributed by atoms with Crippen LogP contribution in [-0.2, 0) is 23.9 Å². The molecular formula is C22H20FIN2O5. The lowest BCUT2D eigenvalue weighted by Gasteiger charge is -2.27. The largest absolute Gasteiger partial charge is 0.462 e. The molecule has 0 spiro atoms. The van der Waals surface area contributed by atoms with Gasteiger partial charge in [0.2, 0.25) is 5.91 Å². The third-order valence-corrected chi connectivity index (χ3v) is 5.17. The van der Waals surface area contributed by atoms with E-state index in [9.17, 15) is 18.8 Å². The van der Waals surface area contributed by atoms with Crippen molar-refractivity contribution in [1.82, 2.24) is 0 Å². The number of anilines is 1. The predicted molar refractivity (Wildman–Crippen MR) is 121 cm³/mol. The molecule has 0 radical (unpaired) electrons. The first-order valence-corrected chi connectivity index (χ1v) is 10.5. The second-order valence-corrected chi connectivity index (χ2v) is 8.09. The zero-order valence-corrected chi connectivity index (χ0v) is 19.1. The zero-order valence-electron chi connectivity index (χ0n) is 16.9. The number of carbonyl (C=O) groups is 3. The van der Waals surface area contributed by atoms with E-state index in [4.69, 9.17) is 9.47 Å². The minimum absolute atomic E-state index is 0.0423. The zero-order chi connectivity index (χ0) is 22.5. The van der Waals surface area contributed by atoms with E-state index in [0.29, 0.717) is 17.0 Å². The number of hydrogen-bond acceptors (Lipinski definition) is 6. The average molecular weight is 538 g/mol. The van der Waals surface area contributed by atoms with E-state index in [0.717, 1.165) is 3.57 Å². The molecule has 0 saturated carbocycles. The van der Waals surface area contributed by atoms with Gasteiger partial charge in [0.25, 0.3) is 0 Å². The smallest absolute Gasteiger partial charge is 0.303 e. The Balaban J connectivity index is 2.03. The third kappa shape index (κ3) is 5.66. The van der Waals surface area contributed by atoms with Crippen molar-refractivity contribution in [2.45, 2.75) is 20.0 Å². The number of rotatable bonds is 6. The van der Waals surface area contributed by atoms with Crippen LogP contribution in [0, 0.1) is 9.39 Å². The summed E-state index contributed by atoms with van der Waals surface area (Å²) in [6.45, 7) is 2.03. The first kappa shape index (κ1) is 22.9. The number of esters is 2. The fourth-order valence-corrected chi connectivity index (χ4v) is 3.73. The highest BCUT2D eigenvalue weighted by atomic mass is 127. The topological polar surface area (TPSA) is 85.3 Å². The molecule has 1 unspecified atom stereocenters. The molecule has 2 aromatic rings. The van der Waals surface area contributed by atoms with Gasteiger partial charge in [0.05, 0.1) is 17.9 Å². The Bertz CT molecular complexity index is 1060. The molecule has 0 fully saturated rings. The van der Waals surface area contributed by atoms with Crippen LogP contribution in [0.3, 0.4) is 0 Å². The lowest BCUT2D eigenvalue weighted by atomic mass is 9.99. The molecule has 3 rings (SSSR count). The van der Waals surface area contributed by atoms with Crippen LogP contribution in [0.4, 0.5) is 10.1 Å². The van der Waals surface area contributed by atoms with E-state index in [1.54, 1.807) is 24.3 Å². The fourth-order valence-electron chi connectivity index (χ4n) is 3.24. The lowest BCUT2D eigenvalue weighted by molar-refractivity contribution is -0.155. The molecule has 0 aliphatic carbocycles. The van der Waals surface area contributed by atoms with E-state index >= 15 is 0 Å². The quantitative estimate of drug-likeness (QED) is 0.417. The number of carbonyl (C=O) groups excluding carboxylic acids is 3. The van der Waals surface area contributed by atoms with Gasteiger partial charge in [-0.3, -0.25) is 19.4 Å². The molecular weight excluding hydrogens is 518 g/mol. The van der Waals surface area contributed by atoms with Gasteiger partial charge in [-0.25, -0.2) is 4.39 Å². The highest BCUT2D eigenvalue weighted by Gasteiger charge is 2.29. The number of hydrogen-bond donors (Lipinski definition) is 0. The minimum atomic E-state index is -0.868. The molecule has 1 heterocycles. The van der Waals surface area contributed by atoms with Gasteiger partial charge < -0.3 is 14.4 Å². The standard InChI is InChI=1S/C22H20FIN2O5/c1-13(27)30-12-16(31-14(2)28)11-26-20-8-7-15(24)9-18(20)22(25-10-21(26)29)17-5-3-4-6-19(17)23/h3-9,16H,10-12H2,1-2H3. The van der Waals surface area contributed by atoms with Gasteiger partial charge in [0.1, 0.15) is 19.0 Å². The van der Waals surface area contributed by atoms with Crippen molar-refractivity contribution in [2.24, 2.45) is 4.99 Å². The Morgan fingerprint density at radius 2 is 1.90 bits per heavy atom. The Labute approximate surface area is 192 Å². The van der Waals surface area contributed by atoms with Crippen molar-refractivity contribution >= 4 is 51.8 Å². The van der Waals surface area contributed by atoms with Crippen LogP contribution in [-0.4, -0.2) is 49.4 Å². The number of nitrogens with zero attached hydrogens (tertiary/aromatic N) is 2. The second kappa shape index (κ2) is 9.99. The van der Waals surface area contributed by atoms with Crippen LogP contribution in [0.25, 0.3) is 0 Å². The normalized spacial score (nSPS) is 14.3. The van der Waals surface area contributed by atoms with Crippen LogP contribution >= 0.6 is 22.6 Å². The lowest BCUT2D eigenvalue weighted by Crippen LogP contribution is -2.42. The van der Waals surface area contributed by atoms with Crippen LogP contribution < -0.4 is 4.90 Å². The van der Waals surface area contributed by atoms with E-state index in [1.165, 1.54) is 24.8 Å². The van der Waals surface area contributed by atoms with Gasteiger partial charge in [0, 0.05) is 28.5 Å². The summed E-state index contributed by atoms with van der Waals surface area (Å²) in [6.07, 6.45) is -0.868. The Hall–Kier alpha value is -2.82. The molecule has 0 aromatic heterocycles. The molecule has 9 heteroatoms. The van der Waals surface area contributed by atoms with Crippen LogP contribution in [0.5, 0.6) is 0 Å². The summed E-state index contributed by atoms with van der Waals surface area (Å²) in [6, 6.07) is 11.6. The number of benzodiazepines with no additional fused rings is 1. The Kier molecular flexibility index (Phi) is 7.37. The molecule has 0 saturated heterocycles. The van der Waals surface area contributed by atoms with Crippen molar-refractivity contribution < 1.29 is 28.2 Å². The monoisotopic (exact) mass is 538 g/mol. The Morgan fingerprint density at radius 1 is 1.16 bits per heavy atom. The SMILES string of the molecule is CC(=O)OCC(CN1C(=O)CN=C(c2ccccc2F)c2cc(I)ccc21)OC(C)=O. The summed E-state index contributed by atoms with van der Waals surface area (Å²) in [4.78, 5) is 41.5. The molecule has 31 heavy (non-hydrogen) atoms. The summed E-state index contributed by atoms with van der Waals surface area (Å²) < 4.78 is 25.7. The summed E-state index contributed by atoms with van der Waals surface area (Å²) in [7, 11) is 0. The van der Waals surface area contributed by atoms with E-state index in [1.807, 2.05) is 12.1 Å². The van der Waals surface area contributed by atoms with Gasteiger partial charge >= 0.3 is 11.9 Å². The first-order chi connectivity index (χ1) is 14.8. The first-order valence-electron chi connectivity index (χ1n) is 9.46. The van der Waals surface area contributed by atoms with Crippen LogP contribution in [0.2, 0.25) is 0 Å². The number of fused-ring (bicyclic) bond motifs is 1. The predicted octanol–water partition coefficient (Wildman–Crippen LogP) is 3.11. The van der Waals surface area contributed by atoms with E-state index < -0.39 is 23.9 Å². The van der Waals surface area contributed by atoms with E-state index in [-0.39, 0.29) is 31.2 Å². The van der Waals surface area contributed by atoms with Gasteiger partial charge in [-0.2, -0.15) is 0 Å². The summed E-state index contributed by atoms with van der Waals surface area (Å²) in [5.74, 6) is -1.89. The number of amides is 1. The molecule has 0 bridgehead atoms. The number of aliphatic imine (C=N–C) groups is 1. The highest BCUT2D eigenvalue weighted by molar-refractivity contribution is 14.1. The minimum Gasteiger partial charge on any atom is -0.462 e. The van der Waals surface area contributed by atoms with Crippen LogP contribution in [0.15, 0.2) is 47.5 Å². The molecule has 7 nitrogen and oxygen atoms in total. The van der Waals surface area contributed by atoms with E-state index in [2.05, 4.69) is 27.6 Å². The number of benzene rings is 2. The third-order valence-electron chi connectivity index (χ3n) is 4.50. The van der Waals surface area contributed by atoms with Gasteiger partial charge in [-0.05, 0) is 52.9 Å². The van der Waals surface area contributed by atoms with Crippen molar-refractivity contribution in [3.8, 4) is 0 Å². The molecule has 162 valence electrons. The summed E-state index contributed by atoms with van der Waals surface area (Å²) in [5, 5.41) is 0. The number of halogens is 2. The van der Waals surface area contributed by atoms with Crippen LogP contribution in [0.1, 0.15) is 25.0 Å². The molecule has 1 amide bonds. The number of ether oxygens (including phenoxy) is 2. The Morgan fingerprint density at radius 3 is 2.58 bits per heavy atom. The molecule has 2 aromatic carbocycles. The average Bonchev–Trinajstić information content (AvgIpc) is 2.83. The van der Waals surface area contributed by atoms with Crippen molar-refractivity contribution in [2.75, 3.05) is 24.6 Å². The van der Waals surface area contributed by atoms with Crippen molar-refractivity contribution in [3.63, 3.8) is 0 Å². The molecule has 1 aliphatic rings. The van der Waals surface area contributed by atoms with Gasteiger partial charge in [-0.1, -0.05) is 12.1 Å². The second-order valence-electron chi connectivity index (χ2n) is 6.84. The maximum absolute atomic E-state index is 14.5. The maximum Gasteiger partial charge on any atom is 0.303 e. The van der Waals surface area contributed by atoms with Gasteiger partial charge in [0.15, 0.2) is 6.10 Å². The molecule has 1 atom stereocenters. The van der Waals surface area contributed by atoms with Crippen molar-refractivity contribution in [1.29, 1.82) is 0 Å². The summed E-state index contributed by atoms with van der Waals surface area (Å²) in [5.41, 5.74) is 1.74. The fraction of sp³-hybridized carbons (Fsp3) is 0.273. The highest BCUT2D eigenvalue weighted by Crippen LogP contribution is 2.30.